The number of ether oxygens (including phenoxy) is 2. The van der Waals surface area contributed by atoms with Crippen LogP contribution in [0.15, 0.2) is 48.5 Å². The summed E-state index contributed by atoms with van der Waals surface area (Å²) >= 11 is 0. The van der Waals surface area contributed by atoms with E-state index in [0.717, 1.165) is 5.56 Å². The Morgan fingerprint density at radius 2 is 1.95 bits per heavy atom. The molecule has 2 rings (SSSR count). The molecule has 0 unspecified atom stereocenters. The van der Waals surface area contributed by atoms with Gasteiger partial charge in [0.2, 0.25) is 0 Å². The molecule has 1 amide bonds. The number of benzene rings is 2. The van der Waals surface area contributed by atoms with E-state index in [-0.39, 0.29) is 12.5 Å². The molecule has 2 aromatic carbocycles. The van der Waals surface area contributed by atoms with Crippen molar-refractivity contribution in [3.05, 3.63) is 54.1 Å². The van der Waals surface area contributed by atoms with Crippen LogP contribution >= 0.6 is 0 Å². The molecule has 5 heteroatoms. The fraction of sp³-hybridized carbons (Fsp3) is 0.235. The van der Waals surface area contributed by atoms with Gasteiger partial charge in [-0.25, -0.2) is 0 Å². The molecule has 0 bridgehead atoms. The fourth-order valence-electron chi connectivity index (χ4n) is 1.95. The van der Waals surface area contributed by atoms with Crippen LogP contribution in [0.4, 0.5) is 5.69 Å². The smallest absolute Gasteiger partial charge is 0.262 e. The normalized spacial score (nSPS) is 10.1. The maximum Gasteiger partial charge on any atom is 0.262 e. The lowest BCUT2D eigenvalue weighted by molar-refractivity contribution is -0.118. The molecule has 0 radical (unpaired) electrons. The van der Waals surface area contributed by atoms with Gasteiger partial charge >= 0.3 is 0 Å². The first kappa shape index (κ1) is 15.9. The zero-order chi connectivity index (χ0) is 15.8. The third kappa shape index (κ3) is 4.49. The Balaban J connectivity index is 1.93. The van der Waals surface area contributed by atoms with Crippen molar-refractivity contribution in [2.24, 2.45) is 5.73 Å². The second-order valence-corrected chi connectivity index (χ2v) is 4.62. The minimum Gasteiger partial charge on any atom is -0.492 e. The predicted molar refractivity (Wildman–Crippen MR) is 86.1 cm³/mol. The lowest BCUT2D eigenvalue weighted by Gasteiger charge is -2.12. The van der Waals surface area contributed by atoms with E-state index in [4.69, 9.17) is 15.2 Å². The Kier molecular flexibility index (Phi) is 5.80. The minimum atomic E-state index is -0.245. The van der Waals surface area contributed by atoms with Crippen LogP contribution in [0, 0.1) is 0 Å². The summed E-state index contributed by atoms with van der Waals surface area (Å²) in [4.78, 5) is 12.0. The van der Waals surface area contributed by atoms with Gasteiger partial charge in [-0.15, -0.1) is 0 Å². The van der Waals surface area contributed by atoms with Gasteiger partial charge in [0.25, 0.3) is 5.91 Å². The number of carbonyl (C=O) groups is 1. The quantitative estimate of drug-likeness (QED) is 0.824. The number of nitrogens with one attached hydrogen (secondary N) is 1. The van der Waals surface area contributed by atoms with Crippen LogP contribution < -0.4 is 20.5 Å². The van der Waals surface area contributed by atoms with Gasteiger partial charge in [-0.05, 0) is 36.8 Å². The van der Waals surface area contributed by atoms with Crippen LogP contribution in [0.3, 0.4) is 0 Å². The predicted octanol–water partition coefficient (Wildman–Crippen LogP) is 2.56. The standard InChI is InChI=1S/C17H20N2O3/c1-2-21-16-9-4-3-8-15(16)19-17(20)12-22-14-7-5-6-13(10-14)11-18/h3-10H,2,11-12,18H2,1H3,(H,19,20). The van der Waals surface area contributed by atoms with Gasteiger partial charge in [0, 0.05) is 6.54 Å². The zero-order valence-electron chi connectivity index (χ0n) is 12.5. The first-order valence-corrected chi connectivity index (χ1v) is 7.16. The topological polar surface area (TPSA) is 73.6 Å². The fourth-order valence-corrected chi connectivity index (χ4v) is 1.95. The van der Waals surface area contributed by atoms with Gasteiger partial charge in [-0.1, -0.05) is 24.3 Å². The van der Waals surface area contributed by atoms with Crippen molar-refractivity contribution in [1.82, 2.24) is 0 Å². The van der Waals surface area contributed by atoms with Crippen LogP contribution in [0.25, 0.3) is 0 Å². The highest BCUT2D eigenvalue weighted by Gasteiger charge is 2.08. The Hall–Kier alpha value is -2.53. The Morgan fingerprint density at radius 1 is 1.14 bits per heavy atom. The molecule has 0 saturated heterocycles. The Labute approximate surface area is 130 Å². The zero-order valence-corrected chi connectivity index (χ0v) is 12.5. The minimum absolute atomic E-state index is 0.0749. The molecular weight excluding hydrogens is 280 g/mol. The first-order valence-electron chi connectivity index (χ1n) is 7.16. The number of anilines is 1. The number of hydrogen-bond donors (Lipinski definition) is 2. The molecule has 0 spiro atoms. The van der Waals surface area contributed by atoms with E-state index in [1.54, 1.807) is 12.1 Å². The average molecular weight is 300 g/mol. The first-order chi connectivity index (χ1) is 10.7. The molecule has 5 nitrogen and oxygen atoms in total. The van der Waals surface area contributed by atoms with Gasteiger partial charge in [0.05, 0.1) is 12.3 Å². The SMILES string of the molecule is CCOc1ccccc1NC(=O)COc1cccc(CN)c1. The van der Waals surface area contributed by atoms with Gasteiger partial charge < -0.3 is 20.5 Å². The summed E-state index contributed by atoms with van der Waals surface area (Å²) in [5.41, 5.74) is 7.16. The van der Waals surface area contributed by atoms with E-state index in [9.17, 15) is 4.79 Å². The molecule has 0 atom stereocenters. The summed E-state index contributed by atoms with van der Waals surface area (Å²) in [6, 6.07) is 14.7. The average Bonchev–Trinajstić information content (AvgIpc) is 2.55. The van der Waals surface area contributed by atoms with E-state index in [1.807, 2.05) is 43.3 Å². The van der Waals surface area contributed by atoms with E-state index in [0.29, 0.717) is 30.3 Å². The van der Waals surface area contributed by atoms with E-state index in [2.05, 4.69) is 5.32 Å². The summed E-state index contributed by atoms with van der Waals surface area (Å²) in [6.45, 7) is 2.79. The third-order valence-electron chi connectivity index (χ3n) is 2.97. The molecule has 2 aromatic rings. The molecule has 0 aromatic heterocycles. The highest BCUT2D eigenvalue weighted by molar-refractivity contribution is 5.93. The molecule has 0 aliphatic carbocycles. The van der Waals surface area contributed by atoms with Crippen molar-refractivity contribution in [2.75, 3.05) is 18.5 Å². The third-order valence-corrected chi connectivity index (χ3v) is 2.97. The Morgan fingerprint density at radius 3 is 2.73 bits per heavy atom. The van der Waals surface area contributed by atoms with Crippen LogP contribution in [-0.4, -0.2) is 19.1 Å². The monoisotopic (exact) mass is 300 g/mol. The number of rotatable bonds is 7. The Bertz CT molecular complexity index is 629. The van der Waals surface area contributed by atoms with Crippen molar-refractivity contribution < 1.29 is 14.3 Å². The molecule has 0 fully saturated rings. The second kappa shape index (κ2) is 8.05. The molecule has 22 heavy (non-hydrogen) atoms. The summed E-state index contributed by atoms with van der Waals surface area (Å²) in [6.07, 6.45) is 0. The lowest BCUT2D eigenvalue weighted by atomic mass is 10.2. The number of hydrogen-bond acceptors (Lipinski definition) is 4. The number of carbonyl (C=O) groups excluding carboxylic acids is 1. The molecule has 0 aliphatic rings. The summed E-state index contributed by atoms with van der Waals surface area (Å²) in [5, 5.41) is 2.78. The van der Waals surface area contributed by atoms with E-state index < -0.39 is 0 Å². The number of nitrogens with two attached hydrogens (primary N) is 1. The number of amides is 1. The van der Waals surface area contributed by atoms with E-state index in [1.165, 1.54) is 0 Å². The highest BCUT2D eigenvalue weighted by Crippen LogP contribution is 2.23. The molecule has 0 saturated carbocycles. The van der Waals surface area contributed by atoms with E-state index >= 15 is 0 Å². The molecular formula is C17H20N2O3. The molecule has 0 aliphatic heterocycles. The summed E-state index contributed by atoms with van der Waals surface area (Å²) in [5.74, 6) is 1.02. The van der Waals surface area contributed by atoms with Crippen LogP contribution in [0.5, 0.6) is 11.5 Å². The van der Waals surface area contributed by atoms with Crippen LogP contribution in [-0.2, 0) is 11.3 Å². The second-order valence-electron chi connectivity index (χ2n) is 4.62. The highest BCUT2D eigenvalue weighted by atomic mass is 16.5. The van der Waals surface area contributed by atoms with Crippen molar-refractivity contribution >= 4 is 11.6 Å². The van der Waals surface area contributed by atoms with Crippen molar-refractivity contribution in [1.29, 1.82) is 0 Å². The summed E-state index contributed by atoms with van der Waals surface area (Å²) < 4.78 is 10.9. The van der Waals surface area contributed by atoms with Crippen molar-refractivity contribution in [3.63, 3.8) is 0 Å². The summed E-state index contributed by atoms with van der Waals surface area (Å²) in [7, 11) is 0. The van der Waals surface area contributed by atoms with Gasteiger partial charge in [0.1, 0.15) is 11.5 Å². The van der Waals surface area contributed by atoms with Crippen LogP contribution in [0.2, 0.25) is 0 Å². The van der Waals surface area contributed by atoms with Crippen molar-refractivity contribution in [3.8, 4) is 11.5 Å². The van der Waals surface area contributed by atoms with Crippen LogP contribution in [0.1, 0.15) is 12.5 Å². The lowest BCUT2D eigenvalue weighted by Crippen LogP contribution is -2.20. The van der Waals surface area contributed by atoms with Gasteiger partial charge in [0.15, 0.2) is 6.61 Å². The molecule has 116 valence electrons. The molecule has 3 N–H and O–H groups in total. The van der Waals surface area contributed by atoms with Gasteiger partial charge in [-0.2, -0.15) is 0 Å². The molecule has 0 heterocycles. The number of para-hydroxylation sites is 2. The largest absolute Gasteiger partial charge is 0.492 e. The van der Waals surface area contributed by atoms with Crippen molar-refractivity contribution in [2.45, 2.75) is 13.5 Å². The maximum atomic E-state index is 12.0. The maximum absolute atomic E-state index is 12.0. The van der Waals surface area contributed by atoms with Gasteiger partial charge in [-0.3, -0.25) is 4.79 Å².